The molecule has 3 unspecified atom stereocenters. The molecule has 1 aliphatic carbocycles. The fraction of sp³-hybridized carbons (Fsp3) is 0.440. The zero-order chi connectivity index (χ0) is 22.7. The summed E-state index contributed by atoms with van der Waals surface area (Å²) in [5.41, 5.74) is 3.24. The highest BCUT2D eigenvalue weighted by Crippen LogP contribution is 2.65. The van der Waals surface area contributed by atoms with Crippen LogP contribution in [0.15, 0.2) is 48.5 Å². The van der Waals surface area contributed by atoms with E-state index in [2.05, 4.69) is 5.43 Å². The van der Waals surface area contributed by atoms with Gasteiger partial charge in [0, 0.05) is 22.5 Å². The van der Waals surface area contributed by atoms with Gasteiger partial charge in [-0.25, -0.2) is 0 Å². The third-order valence-electron chi connectivity index (χ3n) is 8.05. The summed E-state index contributed by atoms with van der Waals surface area (Å²) in [6.45, 7) is 3.36. The van der Waals surface area contributed by atoms with Crippen LogP contribution in [0.1, 0.15) is 50.2 Å². The van der Waals surface area contributed by atoms with E-state index in [4.69, 9.17) is 4.74 Å². The Kier molecular flexibility index (Phi) is 4.62. The molecule has 2 aromatic carbocycles. The van der Waals surface area contributed by atoms with Crippen LogP contribution in [-0.4, -0.2) is 33.8 Å². The number of hydrogen-bond donors (Lipinski definition) is 2. The number of carboxylic acid groups (broad SMARTS) is 1. The molecule has 32 heavy (non-hydrogen) atoms. The van der Waals surface area contributed by atoms with Crippen molar-refractivity contribution in [3.8, 4) is 11.5 Å². The first-order valence-corrected chi connectivity index (χ1v) is 11.1. The predicted octanol–water partition coefficient (Wildman–Crippen LogP) is 4.06. The highest BCUT2D eigenvalue weighted by atomic mass is 16.5. The smallest absolute Gasteiger partial charge is 0.306 e. The minimum absolute atomic E-state index is 0.157. The molecule has 5 rings (SSSR count). The maximum atomic E-state index is 13.5. The fourth-order valence-electron chi connectivity index (χ4n) is 5.96. The number of carboxylic acids is 1. The van der Waals surface area contributed by atoms with Crippen LogP contribution in [0.2, 0.25) is 0 Å². The normalized spacial score (nSPS) is 25.2. The fourth-order valence-corrected chi connectivity index (χ4v) is 5.96. The van der Waals surface area contributed by atoms with E-state index in [1.165, 1.54) is 0 Å². The Bertz CT molecular complexity index is 1080. The maximum absolute atomic E-state index is 13.5. The van der Waals surface area contributed by atoms with Gasteiger partial charge in [-0.2, -0.15) is 0 Å². The number of benzene rings is 2. The van der Waals surface area contributed by atoms with Crippen LogP contribution in [0.5, 0.6) is 11.5 Å². The molecular weight excluding hydrogens is 408 g/mol. The third-order valence-corrected chi connectivity index (χ3v) is 8.05. The number of hydrogen-bond acceptors (Lipinski definition) is 4. The van der Waals surface area contributed by atoms with Crippen LogP contribution in [0.3, 0.4) is 0 Å². The lowest BCUT2D eigenvalue weighted by molar-refractivity contribution is -0.592. The SMILES string of the molecule is CC(C(=O)O)C(C)C1(C2(CC3c4ccccc4Oc4ccccc43)N[N+](=O)CC2=O)CC1. The van der Waals surface area contributed by atoms with Crippen LogP contribution < -0.4 is 10.2 Å². The predicted molar refractivity (Wildman–Crippen MR) is 116 cm³/mol. The maximum Gasteiger partial charge on any atom is 0.306 e. The molecule has 2 aliphatic heterocycles. The number of nitrogens with one attached hydrogen (secondary N) is 1. The second-order valence-corrected chi connectivity index (χ2v) is 9.48. The summed E-state index contributed by atoms with van der Waals surface area (Å²) in [5.74, 6) is -0.614. The number of ether oxygens (including phenoxy) is 1. The van der Waals surface area contributed by atoms with E-state index in [1.807, 2.05) is 55.5 Å². The van der Waals surface area contributed by atoms with E-state index < -0.39 is 22.8 Å². The van der Waals surface area contributed by atoms with Gasteiger partial charge in [0.25, 0.3) is 6.54 Å². The molecule has 1 saturated heterocycles. The standard InChI is InChI=1S/C25H26N2O5/c1-15(23(29)30)16(2)24(11-12-24)25(22(28)14-27(31)26-25)13-19-17-7-3-5-9-20(17)32-21-10-6-4-8-18(19)21/h3-10,15-16,19H,11-14H2,1-2H3,(H-,26,29,30,31)/p+1. The van der Waals surface area contributed by atoms with Gasteiger partial charge < -0.3 is 9.84 Å². The highest BCUT2D eigenvalue weighted by molar-refractivity contribution is 5.92. The average Bonchev–Trinajstić information content (AvgIpc) is 3.54. The average molecular weight is 436 g/mol. The molecular formula is C25H27N2O5+. The molecule has 0 bridgehead atoms. The molecule has 0 radical (unpaired) electrons. The van der Waals surface area contributed by atoms with Gasteiger partial charge in [0.2, 0.25) is 5.78 Å². The molecule has 2 heterocycles. The van der Waals surface area contributed by atoms with E-state index in [0.29, 0.717) is 24.1 Å². The van der Waals surface area contributed by atoms with Gasteiger partial charge in [-0.1, -0.05) is 50.2 Å². The largest absolute Gasteiger partial charge is 0.481 e. The summed E-state index contributed by atoms with van der Waals surface area (Å²) >= 11 is 0. The molecule has 7 nitrogen and oxygen atoms in total. The molecule has 166 valence electrons. The monoisotopic (exact) mass is 435 g/mol. The van der Waals surface area contributed by atoms with Crippen molar-refractivity contribution in [2.45, 2.75) is 44.6 Å². The van der Waals surface area contributed by atoms with Crippen LogP contribution in [0.4, 0.5) is 0 Å². The summed E-state index contributed by atoms with van der Waals surface area (Å²) < 4.78 is 6.12. The lowest BCUT2D eigenvalue weighted by Crippen LogP contribution is -2.58. The number of aliphatic carboxylic acids is 1. The zero-order valence-corrected chi connectivity index (χ0v) is 18.2. The Balaban J connectivity index is 1.63. The first-order valence-electron chi connectivity index (χ1n) is 11.1. The first kappa shape index (κ1) is 20.7. The number of nitroso groups, excluding NO2 is 1. The molecule has 2 aromatic rings. The first-order chi connectivity index (χ1) is 15.3. The number of nitrogens with zero attached hydrogens (tertiary/aromatic N) is 1. The van der Waals surface area contributed by atoms with Crippen molar-refractivity contribution >= 4 is 11.8 Å². The Morgan fingerprint density at radius 2 is 1.69 bits per heavy atom. The molecule has 7 heteroatoms. The van der Waals surface area contributed by atoms with E-state index in [9.17, 15) is 19.6 Å². The second kappa shape index (κ2) is 7.15. The van der Waals surface area contributed by atoms with Crippen molar-refractivity contribution in [1.29, 1.82) is 0 Å². The minimum atomic E-state index is -1.12. The van der Waals surface area contributed by atoms with Gasteiger partial charge in [0.1, 0.15) is 16.4 Å². The molecule has 2 N–H and O–H groups in total. The number of Topliss-reactive ketones (excluding diaryl/α,β-unsaturated/α-hetero) is 1. The van der Waals surface area contributed by atoms with Gasteiger partial charge in [0.15, 0.2) is 5.54 Å². The van der Waals surface area contributed by atoms with E-state index >= 15 is 0 Å². The summed E-state index contributed by atoms with van der Waals surface area (Å²) in [6, 6.07) is 15.5. The van der Waals surface area contributed by atoms with Crippen LogP contribution in [-0.2, 0) is 9.59 Å². The van der Waals surface area contributed by atoms with Crippen molar-refractivity contribution in [1.82, 2.24) is 5.43 Å². The van der Waals surface area contributed by atoms with Crippen LogP contribution in [0.25, 0.3) is 0 Å². The van der Waals surface area contributed by atoms with Crippen molar-refractivity contribution in [3.05, 3.63) is 64.6 Å². The summed E-state index contributed by atoms with van der Waals surface area (Å²) in [7, 11) is 0. The molecule has 2 fully saturated rings. The molecule has 3 aliphatic rings. The number of rotatable bonds is 6. The zero-order valence-electron chi connectivity index (χ0n) is 18.2. The Morgan fingerprint density at radius 1 is 1.12 bits per heavy atom. The summed E-state index contributed by atoms with van der Waals surface area (Å²) in [4.78, 5) is 38.4. The topological polar surface area (TPSA) is 95.7 Å². The summed E-state index contributed by atoms with van der Waals surface area (Å²) in [6.07, 6.45) is 1.80. The van der Waals surface area contributed by atoms with Crippen LogP contribution >= 0.6 is 0 Å². The number of ketones is 1. The van der Waals surface area contributed by atoms with Gasteiger partial charge in [-0.15, -0.1) is 5.43 Å². The number of carbonyl (C=O) groups is 2. The Hall–Kier alpha value is -3.22. The molecule has 3 atom stereocenters. The second-order valence-electron chi connectivity index (χ2n) is 9.48. The van der Waals surface area contributed by atoms with E-state index in [-0.39, 0.29) is 24.2 Å². The van der Waals surface area contributed by atoms with E-state index in [0.717, 1.165) is 22.6 Å². The van der Waals surface area contributed by atoms with Crippen molar-refractivity contribution in [3.63, 3.8) is 0 Å². The van der Waals surface area contributed by atoms with E-state index in [1.54, 1.807) is 6.92 Å². The van der Waals surface area contributed by atoms with Gasteiger partial charge in [-0.3, -0.25) is 9.59 Å². The van der Waals surface area contributed by atoms with Gasteiger partial charge >= 0.3 is 5.97 Å². The number of fused-ring (bicyclic) bond motifs is 2. The Morgan fingerprint density at radius 3 is 2.16 bits per heavy atom. The molecule has 0 spiro atoms. The van der Waals surface area contributed by atoms with Gasteiger partial charge in [-0.05, 0) is 37.3 Å². The lowest BCUT2D eigenvalue weighted by Gasteiger charge is -2.41. The number of carbonyl (C=O) groups excluding carboxylic acids is 1. The van der Waals surface area contributed by atoms with Crippen LogP contribution in [0, 0.1) is 22.2 Å². The molecule has 0 amide bonds. The molecule has 0 aromatic heterocycles. The lowest BCUT2D eigenvalue weighted by atomic mass is 9.63. The third kappa shape index (κ3) is 2.87. The number of para-hydroxylation sites is 2. The minimum Gasteiger partial charge on any atom is -0.481 e. The van der Waals surface area contributed by atoms with Crippen molar-refractivity contribution in [2.75, 3.05) is 6.54 Å². The van der Waals surface area contributed by atoms with Gasteiger partial charge in [0.05, 0.1) is 10.8 Å². The number of hydrazine groups is 1. The summed E-state index contributed by atoms with van der Waals surface area (Å²) in [5, 5.41) is 9.68. The highest BCUT2D eigenvalue weighted by Gasteiger charge is 2.72. The Labute approximate surface area is 186 Å². The van der Waals surface area contributed by atoms with Crippen molar-refractivity contribution < 1.29 is 24.3 Å². The quantitative estimate of drug-likeness (QED) is 0.665. The van der Waals surface area contributed by atoms with Crippen molar-refractivity contribution in [2.24, 2.45) is 17.3 Å². The molecule has 1 saturated carbocycles.